The van der Waals surface area contributed by atoms with E-state index in [0.717, 1.165) is 47.4 Å². The molecule has 0 radical (unpaired) electrons. The van der Waals surface area contributed by atoms with Gasteiger partial charge in [-0.2, -0.15) is 0 Å². The van der Waals surface area contributed by atoms with Crippen molar-refractivity contribution in [1.29, 1.82) is 0 Å². The predicted octanol–water partition coefficient (Wildman–Crippen LogP) is 4.92. The molecule has 1 heterocycles. The standard InChI is InChI=1S/C24H26N2O2S/c1-17-9-5-6-10-18(17)15-22-24(28)26(20-13-7-8-14-21(20)29-22)16-23(27)25-19-11-3-2-4-12-19/h5-10,13-15,19H,2-4,11-12,16H2,1H3,(H,25,27)/b22-15-. The molecule has 1 fully saturated rings. The minimum atomic E-state index is -0.115. The van der Waals surface area contributed by atoms with E-state index in [0.29, 0.717) is 4.91 Å². The Morgan fingerprint density at radius 2 is 1.83 bits per heavy atom. The summed E-state index contributed by atoms with van der Waals surface area (Å²) < 4.78 is 0. The first-order valence-corrected chi connectivity index (χ1v) is 11.1. The van der Waals surface area contributed by atoms with Crippen LogP contribution < -0.4 is 10.2 Å². The molecule has 0 saturated heterocycles. The molecule has 0 atom stereocenters. The molecule has 2 aliphatic rings. The Morgan fingerprint density at radius 1 is 1.10 bits per heavy atom. The molecule has 1 aliphatic carbocycles. The third kappa shape index (κ3) is 4.56. The maximum Gasteiger partial charge on any atom is 0.265 e. The van der Waals surface area contributed by atoms with Gasteiger partial charge in [0.1, 0.15) is 6.54 Å². The van der Waals surface area contributed by atoms with E-state index in [1.165, 1.54) is 18.2 Å². The van der Waals surface area contributed by atoms with Crippen LogP contribution in [0, 0.1) is 6.92 Å². The lowest BCUT2D eigenvalue weighted by Crippen LogP contribution is -2.46. The molecular weight excluding hydrogens is 380 g/mol. The SMILES string of the molecule is Cc1ccccc1/C=C1\Sc2ccccc2N(CC(=O)NC2CCCCC2)C1=O. The molecule has 0 aromatic heterocycles. The van der Waals surface area contributed by atoms with Crippen molar-refractivity contribution >= 4 is 35.3 Å². The van der Waals surface area contributed by atoms with Crippen molar-refractivity contribution in [2.45, 2.75) is 50.0 Å². The number of amides is 2. The fourth-order valence-electron chi connectivity index (χ4n) is 3.97. The summed E-state index contributed by atoms with van der Waals surface area (Å²) in [6.07, 6.45) is 7.57. The van der Waals surface area contributed by atoms with Gasteiger partial charge in [-0.15, -0.1) is 0 Å². The van der Waals surface area contributed by atoms with Gasteiger partial charge < -0.3 is 5.32 Å². The molecule has 1 N–H and O–H groups in total. The largest absolute Gasteiger partial charge is 0.352 e. The maximum absolute atomic E-state index is 13.3. The molecule has 0 spiro atoms. The number of aryl methyl sites for hydroxylation is 1. The fourth-order valence-corrected chi connectivity index (χ4v) is 5.02. The maximum atomic E-state index is 13.3. The zero-order chi connectivity index (χ0) is 20.2. The van der Waals surface area contributed by atoms with E-state index in [-0.39, 0.29) is 24.4 Å². The quantitative estimate of drug-likeness (QED) is 0.733. The van der Waals surface area contributed by atoms with Crippen LogP contribution in [0.3, 0.4) is 0 Å². The molecule has 5 heteroatoms. The minimum absolute atomic E-state index is 0.0536. The Bertz CT molecular complexity index is 947. The number of thioether (sulfide) groups is 1. The van der Waals surface area contributed by atoms with E-state index in [2.05, 4.69) is 5.32 Å². The first-order valence-electron chi connectivity index (χ1n) is 10.3. The number of carbonyl (C=O) groups excluding carboxylic acids is 2. The lowest BCUT2D eigenvalue weighted by molar-refractivity contribution is -0.123. The zero-order valence-electron chi connectivity index (χ0n) is 16.7. The molecule has 2 aromatic rings. The number of carbonyl (C=O) groups is 2. The van der Waals surface area contributed by atoms with Crippen LogP contribution in [0.4, 0.5) is 5.69 Å². The second-order valence-corrected chi connectivity index (χ2v) is 8.81. The average molecular weight is 407 g/mol. The summed E-state index contributed by atoms with van der Waals surface area (Å²) in [4.78, 5) is 29.3. The molecule has 4 nitrogen and oxygen atoms in total. The highest BCUT2D eigenvalue weighted by molar-refractivity contribution is 8.04. The number of rotatable bonds is 4. The number of hydrogen-bond donors (Lipinski definition) is 1. The van der Waals surface area contributed by atoms with Gasteiger partial charge in [0.05, 0.1) is 10.6 Å². The van der Waals surface area contributed by atoms with Crippen LogP contribution in [-0.2, 0) is 9.59 Å². The summed E-state index contributed by atoms with van der Waals surface area (Å²) >= 11 is 1.47. The minimum Gasteiger partial charge on any atom is -0.352 e. The Hall–Kier alpha value is -2.53. The summed E-state index contributed by atoms with van der Waals surface area (Å²) in [5.74, 6) is -0.196. The number of hydrogen-bond acceptors (Lipinski definition) is 3. The molecule has 4 rings (SSSR count). The summed E-state index contributed by atoms with van der Waals surface area (Å²) in [6, 6.07) is 16.0. The molecule has 0 unspecified atom stereocenters. The van der Waals surface area contributed by atoms with E-state index < -0.39 is 0 Å². The highest BCUT2D eigenvalue weighted by atomic mass is 32.2. The molecule has 29 heavy (non-hydrogen) atoms. The first kappa shape index (κ1) is 19.8. The van der Waals surface area contributed by atoms with Crippen molar-refractivity contribution in [2.75, 3.05) is 11.4 Å². The first-order chi connectivity index (χ1) is 14.1. The molecule has 150 valence electrons. The van der Waals surface area contributed by atoms with Gasteiger partial charge in [-0.1, -0.05) is 67.4 Å². The summed E-state index contributed by atoms with van der Waals surface area (Å²) in [7, 11) is 0. The van der Waals surface area contributed by atoms with E-state index in [4.69, 9.17) is 0 Å². The normalized spacial score (nSPS) is 18.6. The Kier molecular flexibility index (Phi) is 6.05. The van der Waals surface area contributed by atoms with Crippen LogP contribution >= 0.6 is 11.8 Å². The van der Waals surface area contributed by atoms with Gasteiger partial charge in [0.25, 0.3) is 5.91 Å². The zero-order valence-corrected chi connectivity index (χ0v) is 17.5. The molecular formula is C24H26N2O2S. The number of para-hydroxylation sites is 1. The molecule has 2 amide bonds. The van der Waals surface area contributed by atoms with E-state index in [9.17, 15) is 9.59 Å². The van der Waals surface area contributed by atoms with Crippen molar-refractivity contribution in [3.05, 3.63) is 64.6 Å². The predicted molar refractivity (Wildman–Crippen MR) is 119 cm³/mol. The lowest BCUT2D eigenvalue weighted by Gasteiger charge is -2.31. The van der Waals surface area contributed by atoms with Crippen molar-refractivity contribution in [3.63, 3.8) is 0 Å². The second-order valence-electron chi connectivity index (χ2n) is 7.73. The van der Waals surface area contributed by atoms with Gasteiger partial charge in [-0.05, 0) is 49.1 Å². The van der Waals surface area contributed by atoms with Crippen molar-refractivity contribution in [3.8, 4) is 0 Å². The monoisotopic (exact) mass is 406 g/mol. The molecule has 1 aliphatic heterocycles. The Labute approximate surface area is 176 Å². The smallest absolute Gasteiger partial charge is 0.265 e. The molecule has 0 bridgehead atoms. The van der Waals surface area contributed by atoms with Crippen LogP contribution in [0.5, 0.6) is 0 Å². The van der Waals surface area contributed by atoms with Crippen LogP contribution in [0.2, 0.25) is 0 Å². The van der Waals surface area contributed by atoms with Gasteiger partial charge in [0.2, 0.25) is 5.91 Å². The number of fused-ring (bicyclic) bond motifs is 1. The van der Waals surface area contributed by atoms with Crippen LogP contribution in [0.1, 0.15) is 43.2 Å². The van der Waals surface area contributed by atoms with E-state index >= 15 is 0 Å². The summed E-state index contributed by atoms with van der Waals surface area (Å²) in [5.41, 5.74) is 2.95. The van der Waals surface area contributed by atoms with E-state index in [1.807, 2.05) is 61.5 Å². The van der Waals surface area contributed by atoms with Crippen molar-refractivity contribution < 1.29 is 9.59 Å². The number of anilines is 1. The third-order valence-electron chi connectivity index (χ3n) is 5.58. The number of nitrogens with zero attached hydrogens (tertiary/aromatic N) is 1. The van der Waals surface area contributed by atoms with Crippen LogP contribution in [-0.4, -0.2) is 24.4 Å². The highest BCUT2D eigenvalue weighted by Gasteiger charge is 2.31. The summed E-state index contributed by atoms with van der Waals surface area (Å²) in [6.45, 7) is 2.09. The van der Waals surface area contributed by atoms with Gasteiger partial charge >= 0.3 is 0 Å². The fraction of sp³-hybridized carbons (Fsp3) is 0.333. The van der Waals surface area contributed by atoms with Crippen molar-refractivity contribution in [1.82, 2.24) is 5.32 Å². The van der Waals surface area contributed by atoms with Gasteiger partial charge in [0.15, 0.2) is 0 Å². The number of nitrogens with one attached hydrogen (secondary N) is 1. The highest BCUT2D eigenvalue weighted by Crippen LogP contribution is 2.42. The van der Waals surface area contributed by atoms with Crippen LogP contribution in [0.15, 0.2) is 58.3 Å². The van der Waals surface area contributed by atoms with Crippen LogP contribution in [0.25, 0.3) is 6.08 Å². The molecule has 2 aromatic carbocycles. The van der Waals surface area contributed by atoms with Gasteiger partial charge in [-0.3, -0.25) is 14.5 Å². The van der Waals surface area contributed by atoms with Gasteiger partial charge in [0, 0.05) is 10.9 Å². The molecule has 1 saturated carbocycles. The lowest BCUT2D eigenvalue weighted by atomic mass is 9.95. The average Bonchev–Trinajstić information content (AvgIpc) is 2.73. The second kappa shape index (κ2) is 8.87. The van der Waals surface area contributed by atoms with Gasteiger partial charge in [-0.25, -0.2) is 0 Å². The topological polar surface area (TPSA) is 49.4 Å². The third-order valence-corrected chi connectivity index (χ3v) is 6.66. The van der Waals surface area contributed by atoms with Crippen molar-refractivity contribution in [2.24, 2.45) is 0 Å². The Balaban J connectivity index is 1.59. The summed E-state index contributed by atoms with van der Waals surface area (Å²) in [5, 5.41) is 3.13. The van der Waals surface area contributed by atoms with E-state index in [1.54, 1.807) is 4.90 Å². The number of benzene rings is 2. The Morgan fingerprint density at radius 3 is 2.62 bits per heavy atom.